The van der Waals surface area contributed by atoms with Crippen molar-refractivity contribution in [1.82, 2.24) is 14.6 Å². The molecule has 2 heterocycles. The summed E-state index contributed by atoms with van der Waals surface area (Å²) < 4.78 is 7.39. The van der Waals surface area contributed by atoms with Crippen LogP contribution in [0.2, 0.25) is 5.02 Å². The van der Waals surface area contributed by atoms with E-state index in [9.17, 15) is 0 Å². The first-order valence-electron chi connectivity index (χ1n) is 6.81. The SMILES string of the molecule is [CH2]CCCOc1ccc2ncc(-c3ccc(Cl)cc3)n2n1. The summed E-state index contributed by atoms with van der Waals surface area (Å²) in [7, 11) is 0. The molecular weight excluding hydrogens is 286 g/mol. The Labute approximate surface area is 128 Å². The fourth-order valence-electron chi connectivity index (χ4n) is 2.03. The summed E-state index contributed by atoms with van der Waals surface area (Å²) in [5.41, 5.74) is 2.70. The average molecular weight is 301 g/mol. The number of nitrogens with zero attached hydrogens (tertiary/aromatic N) is 3. The molecule has 0 saturated carbocycles. The predicted octanol–water partition coefficient (Wildman–Crippen LogP) is 4.04. The molecule has 0 aliphatic heterocycles. The second-order valence-corrected chi connectivity index (χ2v) is 5.08. The number of imidazole rings is 1. The van der Waals surface area contributed by atoms with Crippen LogP contribution in [0.3, 0.4) is 0 Å². The molecule has 0 aliphatic rings. The number of ether oxygens (including phenoxy) is 1. The van der Waals surface area contributed by atoms with Gasteiger partial charge in [0.05, 0.1) is 18.5 Å². The van der Waals surface area contributed by atoms with Gasteiger partial charge in [-0.1, -0.05) is 37.1 Å². The number of fused-ring (bicyclic) bond motifs is 1. The van der Waals surface area contributed by atoms with E-state index in [0.29, 0.717) is 17.5 Å². The molecule has 5 heteroatoms. The van der Waals surface area contributed by atoms with Gasteiger partial charge in [-0.3, -0.25) is 0 Å². The third-order valence-electron chi connectivity index (χ3n) is 3.12. The Kier molecular flexibility index (Phi) is 4.06. The molecule has 1 radical (unpaired) electrons. The van der Waals surface area contributed by atoms with E-state index in [1.165, 1.54) is 0 Å². The van der Waals surface area contributed by atoms with Crippen molar-refractivity contribution in [1.29, 1.82) is 0 Å². The maximum atomic E-state index is 5.92. The van der Waals surface area contributed by atoms with E-state index in [1.807, 2.05) is 36.4 Å². The van der Waals surface area contributed by atoms with Crippen LogP contribution < -0.4 is 4.74 Å². The van der Waals surface area contributed by atoms with Crippen LogP contribution in [0.4, 0.5) is 0 Å². The summed E-state index contributed by atoms with van der Waals surface area (Å²) in [4.78, 5) is 4.36. The quantitative estimate of drug-likeness (QED) is 0.668. The molecule has 3 rings (SSSR count). The smallest absolute Gasteiger partial charge is 0.231 e. The molecule has 0 bridgehead atoms. The molecule has 1 aromatic carbocycles. The molecule has 21 heavy (non-hydrogen) atoms. The number of hydrogen-bond donors (Lipinski definition) is 0. The van der Waals surface area contributed by atoms with Gasteiger partial charge in [0.1, 0.15) is 0 Å². The Balaban J connectivity index is 1.95. The molecular formula is C16H15ClN3O. The van der Waals surface area contributed by atoms with Crippen molar-refractivity contribution >= 4 is 17.2 Å². The zero-order chi connectivity index (χ0) is 14.7. The highest BCUT2D eigenvalue weighted by Crippen LogP contribution is 2.23. The molecule has 4 nitrogen and oxygen atoms in total. The molecule has 3 aromatic rings. The summed E-state index contributed by atoms with van der Waals surface area (Å²) in [5, 5.41) is 5.19. The molecule has 0 N–H and O–H groups in total. The maximum Gasteiger partial charge on any atom is 0.231 e. The van der Waals surface area contributed by atoms with E-state index >= 15 is 0 Å². The number of halogens is 1. The first-order chi connectivity index (χ1) is 10.3. The van der Waals surface area contributed by atoms with Crippen LogP contribution in [0.1, 0.15) is 12.8 Å². The molecule has 0 saturated heterocycles. The minimum atomic E-state index is 0.587. The van der Waals surface area contributed by atoms with Crippen LogP contribution >= 0.6 is 11.6 Å². The Morgan fingerprint density at radius 2 is 1.95 bits per heavy atom. The molecule has 0 aliphatic carbocycles. The van der Waals surface area contributed by atoms with Gasteiger partial charge in [-0.15, -0.1) is 5.10 Å². The third-order valence-corrected chi connectivity index (χ3v) is 3.37. The van der Waals surface area contributed by atoms with Crippen molar-refractivity contribution in [3.05, 3.63) is 54.5 Å². The van der Waals surface area contributed by atoms with Crippen molar-refractivity contribution in [3.63, 3.8) is 0 Å². The van der Waals surface area contributed by atoms with Crippen LogP contribution in [-0.2, 0) is 0 Å². The lowest BCUT2D eigenvalue weighted by molar-refractivity contribution is 0.295. The summed E-state index contributed by atoms with van der Waals surface area (Å²) in [6, 6.07) is 11.3. The van der Waals surface area contributed by atoms with Gasteiger partial charge in [0, 0.05) is 16.7 Å². The van der Waals surface area contributed by atoms with E-state index < -0.39 is 0 Å². The number of benzene rings is 1. The third kappa shape index (κ3) is 3.00. The maximum absolute atomic E-state index is 5.92. The Hall–Kier alpha value is -2.07. The van der Waals surface area contributed by atoms with Gasteiger partial charge in [0.2, 0.25) is 5.88 Å². The van der Waals surface area contributed by atoms with Gasteiger partial charge in [-0.2, -0.15) is 0 Å². The van der Waals surface area contributed by atoms with E-state index in [0.717, 1.165) is 29.7 Å². The summed E-state index contributed by atoms with van der Waals surface area (Å²) in [6.45, 7) is 4.41. The van der Waals surface area contributed by atoms with Gasteiger partial charge in [-0.05, 0) is 24.6 Å². The molecule has 0 atom stereocenters. The molecule has 0 unspecified atom stereocenters. The topological polar surface area (TPSA) is 39.4 Å². The predicted molar refractivity (Wildman–Crippen MR) is 83.5 cm³/mol. The number of unbranched alkanes of at least 4 members (excludes halogenated alkanes) is 1. The van der Waals surface area contributed by atoms with Crippen LogP contribution in [0.5, 0.6) is 5.88 Å². The standard InChI is InChI=1S/C16H15ClN3O/c1-2-3-10-21-16-9-8-15-18-11-14(20(15)19-16)12-4-6-13(17)7-5-12/h4-9,11H,1-3,10H2. The van der Waals surface area contributed by atoms with Crippen molar-refractivity contribution < 1.29 is 4.74 Å². The van der Waals surface area contributed by atoms with Gasteiger partial charge in [-0.25, -0.2) is 9.50 Å². The van der Waals surface area contributed by atoms with Gasteiger partial charge >= 0.3 is 0 Å². The van der Waals surface area contributed by atoms with Gasteiger partial charge in [0.25, 0.3) is 0 Å². The second-order valence-electron chi connectivity index (χ2n) is 4.65. The fourth-order valence-corrected chi connectivity index (χ4v) is 2.16. The van der Waals surface area contributed by atoms with E-state index in [1.54, 1.807) is 10.7 Å². The van der Waals surface area contributed by atoms with Crippen LogP contribution in [-0.4, -0.2) is 21.2 Å². The van der Waals surface area contributed by atoms with Crippen LogP contribution in [0, 0.1) is 6.92 Å². The lowest BCUT2D eigenvalue weighted by atomic mass is 10.2. The molecule has 2 aromatic heterocycles. The molecule has 107 valence electrons. The summed E-state index contributed by atoms with van der Waals surface area (Å²) >= 11 is 5.92. The van der Waals surface area contributed by atoms with Crippen LogP contribution in [0.15, 0.2) is 42.6 Å². The Bertz CT molecular complexity index is 737. The highest BCUT2D eigenvalue weighted by atomic mass is 35.5. The number of rotatable bonds is 5. The first kappa shape index (κ1) is 13.9. The highest BCUT2D eigenvalue weighted by Gasteiger charge is 2.08. The first-order valence-corrected chi connectivity index (χ1v) is 7.18. The highest BCUT2D eigenvalue weighted by molar-refractivity contribution is 6.30. The van der Waals surface area contributed by atoms with Crippen molar-refractivity contribution in [2.75, 3.05) is 6.61 Å². The normalized spacial score (nSPS) is 11.0. The van der Waals surface area contributed by atoms with E-state index in [4.69, 9.17) is 16.3 Å². The minimum absolute atomic E-state index is 0.587. The fraction of sp³-hybridized carbons (Fsp3) is 0.188. The van der Waals surface area contributed by atoms with Gasteiger partial charge < -0.3 is 4.74 Å². The Morgan fingerprint density at radius 3 is 2.71 bits per heavy atom. The second kappa shape index (κ2) is 6.14. The largest absolute Gasteiger partial charge is 0.477 e. The summed E-state index contributed by atoms with van der Waals surface area (Å²) in [6.07, 6.45) is 3.56. The number of aromatic nitrogens is 3. The zero-order valence-corrected chi connectivity index (χ0v) is 12.3. The zero-order valence-electron chi connectivity index (χ0n) is 11.5. The Morgan fingerprint density at radius 1 is 1.14 bits per heavy atom. The van der Waals surface area contributed by atoms with Crippen molar-refractivity contribution in [2.45, 2.75) is 12.8 Å². The van der Waals surface area contributed by atoms with E-state index in [-0.39, 0.29) is 0 Å². The lowest BCUT2D eigenvalue weighted by Gasteiger charge is -2.06. The monoisotopic (exact) mass is 300 g/mol. The van der Waals surface area contributed by atoms with Gasteiger partial charge in [0.15, 0.2) is 5.65 Å². The van der Waals surface area contributed by atoms with Crippen LogP contribution in [0.25, 0.3) is 16.9 Å². The summed E-state index contributed by atoms with van der Waals surface area (Å²) in [5.74, 6) is 0.587. The minimum Gasteiger partial charge on any atom is -0.477 e. The lowest BCUT2D eigenvalue weighted by Crippen LogP contribution is -2.02. The molecule has 0 spiro atoms. The average Bonchev–Trinajstić information content (AvgIpc) is 2.92. The molecule has 0 amide bonds. The molecule has 0 fully saturated rings. The van der Waals surface area contributed by atoms with E-state index in [2.05, 4.69) is 17.0 Å². The van der Waals surface area contributed by atoms with Crippen molar-refractivity contribution in [3.8, 4) is 17.1 Å². The van der Waals surface area contributed by atoms with Crippen molar-refractivity contribution in [2.24, 2.45) is 0 Å². The number of hydrogen-bond acceptors (Lipinski definition) is 3.